The molecule has 0 amide bonds. The first-order valence-electron chi connectivity index (χ1n) is 7.79. The quantitative estimate of drug-likeness (QED) is 0.345. The molecule has 0 aromatic heterocycles. The van der Waals surface area contributed by atoms with Crippen molar-refractivity contribution in [3.63, 3.8) is 0 Å². The number of halogens is 4. The summed E-state index contributed by atoms with van der Waals surface area (Å²) in [6.45, 7) is 4.35. The molecule has 0 unspecified atom stereocenters. The van der Waals surface area contributed by atoms with Gasteiger partial charge in [-0.15, -0.1) is 5.10 Å². The summed E-state index contributed by atoms with van der Waals surface area (Å²) < 4.78 is 43.4. The van der Waals surface area contributed by atoms with E-state index in [2.05, 4.69) is 10.5 Å². The molecule has 5 nitrogen and oxygen atoms in total. The molecule has 1 aromatic carbocycles. The van der Waals surface area contributed by atoms with Crippen LogP contribution in [0.1, 0.15) is 32.3 Å². The van der Waals surface area contributed by atoms with Crippen molar-refractivity contribution in [1.29, 1.82) is 0 Å². The molecular weight excluding hydrogens is 359 g/mol. The van der Waals surface area contributed by atoms with Crippen LogP contribution in [-0.2, 0) is 15.7 Å². The van der Waals surface area contributed by atoms with Crippen LogP contribution in [0, 0.1) is 0 Å². The predicted octanol–water partition coefficient (Wildman–Crippen LogP) is 4.38. The standard InChI is InChI=1S/C16H21ClF3N3O2/c1-4-6-9-23(3)14(15(24)25-5-2)22-21-13-10-11(16(18,19)20)7-8-12(13)17/h7-8,10,21H,4-6,9H2,1-3H3. The van der Waals surface area contributed by atoms with Crippen molar-refractivity contribution < 1.29 is 22.7 Å². The summed E-state index contributed by atoms with van der Waals surface area (Å²) in [5, 5.41) is 3.97. The number of alkyl halides is 3. The molecule has 0 saturated carbocycles. The Morgan fingerprint density at radius 2 is 2.04 bits per heavy atom. The van der Waals surface area contributed by atoms with Gasteiger partial charge >= 0.3 is 12.1 Å². The Hall–Kier alpha value is -1.96. The molecule has 0 atom stereocenters. The van der Waals surface area contributed by atoms with E-state index < -0.39 is 17.7 Å². The molecule has 0 heterocycles. The van der Waals surface area contributed by atoms with E-state index in [1.54, 1.807) is 18.9 Å². The lowest BCUT2D eigenvalue weighted by atomic mass is 10.2. The predicted molar refractivity (Wildman–Crippen MR) is 91.7 cm³/mol. The number of hydrogen-bond donors (Lipinski definition) is 1. The van der Waals surface area contributed by atoms with Crippen LogP contribution in [0.15, 0.2) is 23.3 Å². The fraction of sp³-hybridized carbons (Fsp3) is 0.500. The first-order chi connectivity index (χ1) is 11.7. The van der Waals surface area contributed by atoms with Gasteiger partial charge in [-0.1, -0.05) is 24.9 Å². The number of ether oxygens (including phenoxy) is 1. The van der Waals surface area contributed by atoms with Gasteiger partial charge in [0.1, 0.15) is 0 Å². The van der Waals surface area contributed by atoms with Crippen LogP contribution in [0.4, 0.5) is 18.9 Å². The van der Waals surface area contributed by atoms with Crippen molar-refractivity contribution in [2.24, 2.45) is 5.10 Å². The van der Waals surface area contributed by atoms with Crippen LogP contribution < -0.4 is 5.43 Å². The molecule has 1 N–H and O–H groups in total. The van der Waals surface area contributed by atoms with Crippen molar-refractivity contribution in [2.45, 2.75) is 32.9 Å². The van der Waals surface area contributed by atoms with E-state index in [1.165, 1.54) is 0 Å². The molecule has 0 bridgehead atoms. The van der Waals surface area contributed by atoms with E-state index in [0.717, 1.165) is 31.0 Å². The third-order valence-electron chi connectivity index (χ3n) is 3.24. The normalized spacial score (nSPS) is 12.0. The molecular formula is C16H21ClF3N3O2. The lowest BCUT2D eigenvalue weighted by molar-refractivity contribution is -0.137. The number of nitrogens with one attached hydrogen (secondary N) is 1. The summed E-state index contributed by atoms with van der Waals surface area (Å²) in [5.74, 6) is -0.708. The van der Waals surface area contributed by atoms with E-state index >= 15 is 0 Å². The largest absolute Gasteiger partial charge is 0.460 e. The molecule has 1 rings (SSSR count). The minimum absolute atomic E-state index is 0.0382. The molecule has 0 radical (unpaired) electrons. The summed E-state index contributed by atoms with van der Waals surface area (Å²) in [6.07, 6.45) is -2.78. The van der Waals surface area contributed by atoms with Gasteiger partial charge in [0.15, 0.2) is 0 Å². The molecule has 0 aliphatic heterocycles. The molecule has 0 fully saturated rings. The van der Waals surface area contributed by atoms with Gasteiger partial charge in [-0.2, -0.15) is 13.2 Å². The molecule has 0 saturated heterocycles. The molecule has 25 heavy (non-hydrogen) atoms. The third kappa shape index (κ3) is 6.45. The average Bonchev–Trinajstić information content (AvgIpc) is 2.53. The zero-order chi connectivity index (χ0) is 19.0. The van der Waals surface area contributed by atoms with Crippen LogP contribution in [-0.4, -0.2) is 36.9 Å². The number of anilines is 1. The molecule has 9 heteroatoms. The fourth-order valence-electron chi connectivity index (χ4n) is 1.88. The van der Waals surface area contributed by atoms with Gasteiger partial charge in [-0.25, -0.2) is 4.79 Å². The highest BCUT2D eigenvalue weighted by molar-refractivity contribution is 6.35. The van der Waals surface area contributed by atoms with E-state index in [0.29, 0.717) is 6.54 Å². The zero-order valence-electron chi connectivity index (χ0n) is 14.3. The van der Waals surface area contributed by atoms with Gasteiger partial charge in [0.2, 0.25) is 5.84 Å². The number of rotatable bonds is 6. The van der Waals surface area contributed by atoms with Crippen molar-refractivity contribution in [3.8, 4) is 0 Å². The number of unbranched alkanes of at least 4 members (excludes halogenated alkanes) is 1. The van der Waals surface area contributed by atoms with E-state index in [-0.39, 0.29) is 23.2 Å². The number of likely N-dealkylation sites (N-methyl/N-ethyl adjacent to an activating group) is 1. The maximum atomic E-state index is 12.8. The lowest BCUT2D eigenvalue weighted by Crippen LogP contribution is -2.36. The van der Waals surface area contributed by atoms with Gasteiger partial charge in [0, 0.05) is 13.6 Å². The summed E-state index contributed by atoms with van der Waals surface area (Å²) in [5.41, 5.74) is 1.51. The monoisotopic (exact) mass is 379 g/mol. The van der Waals surface area contributed by atoms with Gasteiger partial charge in [0.05, 0.1) is 22.9 Å². The SMILES string of the molecule is CCCCN(C)C(=NNc1cc(C(F)(F)F)ccc1Cl)C(=O)OCC. The van der Waals surface area contributed by atoms with Crippen LogP contribution in [0.2, 0.25) is 5.02 Å². The fourth-order valence-corrected chi connectivity index (χ4v) is 2.04. The number of amidine groups is 1. The highest BCUT2D eigenvalue weighted by Gasteiger charge is 2.31. The second kappa shape index (κ2) is 9.50. The summed E-state index contributed by atoms with van der Waals surface area (Å²) in [4.78, 5) is 13.6. The lowest BCUT2D eigenvalue weighted by Gasteiger charge is -2.19. The van der Waals surface area contributed by atoms with Crippen molar-refractivity contribution in [3.05, 3.63) is 28.8 Å². The number of carbonyl (C=O) groups excluding carboxylic acids is 1. The molecule has 0 aliphatic rings. The number of esters is 1. The summed E-state index contributed by atoms with van der Waals surface area (Å²) in [6, 6.07) is 2.82. The Balaban J connectivity index is 3.08. The maximum Gasteiger partial charge on any atom is 0.416 e. The minimum Gasteiger partial charge on any atom is -0.460 e. The van der Waals surface area contributed by atoms with E-state index in [9.17, 15) is 18.0 Å². The number of hydrogen-bond acceptors (Lipinski definition) is 4. The van der Waals surface area contributed by atoms with Crippen molar-refractivity contribution in [1.82, 2.24) is 4.90 Å². The molecule has 0 spiro atoms. The van der Waals surface area contributed by atoms with Gasteiger partial charge in [-0.3, -0.25) is 5.43 Å². The smallest absolute Gasteiger partial charge is 0.416 e. The number of carbonyl (C=O) groups is 1. The van der Waals surface area contributed by atoms with Gasteiger partial charge < -0.3 is 9.64 Å². The highest BCUT2D eigenvalue weighted by atomic mass is 35.5. The van der Waals surface area contributed by atoms with Crippen LogP contribution in [0.25, 0.3) is 0 Å². The van der Waals surface area contributed by atoms with E-state index in [1.807, 2.05) is 6.92 Å². The second-order valence-electron chi connectivity index (χ2n) is 5.24. The Labute approximate surface area is 149 Å². The van der Waals surface area contributed by atoms with Crippen molar-refractivity contribution in [2.75, 3.05) is 25.6 Å². The first-order valence-corrected chi connectivity index (χ1v) is 8.17. The average molecular weight is 380 g/mol. The summed E-state index contributed by atoms with van der Waals surface area (Å²) in [7, 11) is 1.65. The Morgan fingerprint density at radius 3 is 2.60 bits per heavy atom. The number of benzene rings is 1. The number of nitrogens with zero attached hydrogens (tertiary/aromatic N) is 2. The van der Waals surface area contributed by atoms with Gasteiger partial charge in [-0.05, 0) is 31.5 Å². The minimum atomic E-state index is -4.51. The molecule has 1 aromatic rings. The zero-order valence-corrected chi connectivity index (χ0v) is 15.0. The second-order valence-corrected chi connectivity index (χ2v) is 5.64. The molecule has 0 aliphatic carbocycles. The third-order valence-corrected chi connectivity index (χ3v) is 3.57. The van der Waals surface area contributed by atoms with Crippen LogP contribution in [0.5, 0.6) is 0 Å². The van der Waals surface area contributed by atoms with Crippen LogP contribution in [0.3, 0.4) is 0 Å². The van der Waals surface area contributed by atoms with Crippen LogP contribution >= 0.6 is 11.6 Å². The Morgan fingerprint density at radius 1 is 1.36 bits per heavy atom. The number of hydrazone groups is 1. The maximum absolute atomic E-state index is 12.8. The van der Waals surface area contributed by atoms with Crippen molar-refractivity contribution >= 4 is 29.1 Å². The Bertz CT molecular complexity index is 621. The van der Waals surface area contributed by atoms with Gasteiger partial charge in [0.25, 0.3) is 0 Å². The Kier molecular flexibility index (Phi) is 8.02. The van der Waals surface area contributed by atoms with E-state index in [4.69, 9.17) is 16.3 Å². The topological polar surface area (TPSA) is 53.9 Å². The molecule has 140 valence electrons. The first kappa shape index (κ1) is 21.1. The summed E-state index contributed by atoms with van der Waals surface area (Å²) >= 11 is 5.90. The highest BCUT2D eigenvalue weighted by Crippen LogP contribution is 2.33.